The topological polar surface area (TPSA) is 87.7 Å². The summed E-state index contributed by atoms with van der Waals surface area (Å²) in [5.41, 5.74) is 0. The van der Waals surface area contributed by atoms with Crippen molar-refractivity contribution in [3.05, 3.63) is 0 Å². The number of carbonyl (C=O) groups is 1. The first-order chi connectivity index (χ1) is 8.49. The molecule has 1 amide bonds. The van der Waals surface area contributed by atoms with E-state index in [-0.39, 0.29) is 6.04 Å². The van der Waals surface area contributed by atoms with Crippen molar-refractivity contribution in [2.75, 3.05) is 26.7 Å². The third-order valence-electron chi connectivity index (χ3n) is 3.80. The van der Waals surface area contributed by atoms with Crippen LogP contribution < -0.4 is 10.0 Å². The first-order valence-corrected chi connectivity index (χ1v) is 7.51. The summed E-state index contributed by atoms with van der Waals surface area (Å²) in [6.07, 6.45) is -0.203. The summed E-state index contributed by atoms with van der Waals surface area (Å²) in [5.74, 6) is 0.674. The standard InChI is InChI=1S/C10H19N3O4S/c1-3-9-8-5-11-4-7(8)6-13(9)18(15,16)12-10(14)17-2/h7-9,11H,3-6H2,1-2H3,(H,12,14). The normalized spacial score (nSPS) is 32.2. The molecule has 0 spiro atoms. The number of carbonyl (C=O) groups excluding carboxylic acids is 1. The fourth-order valence-electron chi connectivity index (χ4n) is 2.97. The van der Waals surface area contributed by atoms with Gasteiger partial charge in [0, 0.05) is 12.6 Å². The molecule has 7 nitrogen and oxygen atoms in total. The number of hydrogen-bond donors (Lipinski definition) is 2. The fraction of sp³-hybridized carbons (Fsp3) is 0.900. The van der Waals surface area contributed by atoms with Gasteiger partial charge in [0.25, 0.3) is 0 Å². The zero-order chi connectivity index (χ0) is 13.3. The van der Waals surface area contributed by atoms with Gasteiger partial charge in [-0.25, -0.2) is 9.52 Å². The maximum Gasteiger partial charge on any atom is 0.421 e. The summed E-state index contributed by atoms with van der Waals surface area (Å²) < 4.78 is 31.9. The minimum absolute atomic E-state index is 0.0489. The van der Waals surface area contributed by atoms with Crippen molar-refractivity contribution in [3.63, 3.8) is 0 Å². The Morgan fingerprint density at radius 3 is 2.83 bits per heavy atom. The molecule has 2 aliphatic rings. The Hall–Kier alpha value is -0.860. The Bertz CT molecular complexity index is 425. The predicted octanol–water partition coefficient (Wildman–Crippen LogP) is -0.483. The highest BCUT2D eigenvalue weighted by Crippen LogP contribution is 2.35. The average molecular weight is 277 g/mol. The van der Waals surface area contributed by atoms with Crippen molar-refractivity contribution in [3.8, 4) is 0 Å². The Balaban J connectivity index is 2.15. The first kappa shape index (κ1) is 13.6. The minimum Gasteiger partial charge on any atom is -0.452 e. The Morgan fingerprint density at radius 1 is 1.50 bits per heavy atom. The smallest absolute Gasteiger partial charge is 0.421 e. The number of methoxy groups -OCH3 is 1. The van der Waals surface area contributed by atoms with Gasteiger partial charge in [0.05, 0.1) is 7.11 Å². The molecule has 0 bridgehead atoms. The van der Waals surface area contributed by atoms with Crippen LogP contribution in [0.25, 0.3) is 0 Å². The molecule has 2 fully saturated rings. The SMILES string of the molecule is CCC1C2CNCC2CN1S(=O)(=O)NC(=O)OC. The molecule has 3 atom stereocenters. The van der Waals surface area contributed by atoms with Crippen molar-refractivity contribution in [1.29, 1.82) is 0 Å². The number of amides is 1. The van der Waals surface area contributed by atoms with E-state index in [9.17, 15) is 13.2 Å². The molecule has 0 aliphatic carbocycles. The highest BCUT2D eigenvalue weighted by Gasteiger charge is 2.48. The van der Waals surface area contributed by atoms with Crippen LogP contribution >= 0.6 is 0 Å². The van der Waals surface area contributed by atoms with Crippen LogP contribution in [0.4, 0.5) is 4.79 Å². The molecular weight excluding hydrogens is 258 g/mol. The highest BCUT2D eigenvalue weighted by molar-refractivity contribution is 7.87. The van der Waals surface area contributed by atoms with Crippen LogP contribution in [0.5, 0.6) is 0 Å². The fourth-order valence-corrected chi connectivity index (χ4v) is 4.43. The van der Waals surface area contributed by atoms with Crippen molar-refractivity contribution >= 4 is 16.3 Å². The second-order valence-electron chi connectivity index (χ2n) is 4.73. The molecule has 2 N–H and O–H groups in total. The monoisotopic (exact) mass is 277 g/mol. The summed E-state index contributed by atoms with van der Waals surface area (Å²) >= 11 is 0. The number of ether oxygens (including phenoxy) is 1. The van der Waals surface area contributed by atoms with Gasteiger partial charge in [-0.2, -0.15) is 12.7 Å². The number of nitrogens with one attached hydrogen (secondary N) is 2. The van der Waals surface area contributed by atoms with Crippen LogP contribution in [0.2, 0.25) is 0 Å². The van der Waals surface area contributed by atoms with Crippen molar-refractivity contribution < 1.29 is 17.9 Å². The molecule has 104 valence electrons. The van der Waals surface area contributed by atoms with Crippen LogP contribution in [0, 0.1) is 11.8 Å². The van der Waals surface area contributed by atoms with Gasteiger partial charge < -0.3 is 10.1 Å². The van der Waals surface area contributed by atoms with E-state index in [0.29, 0.717) is 18.4 Å². The van der Waals surface area contributed by atoms with Crippen LogP contribution in [-0.4, -0.2) is 51.6 Å². The van der Waals surface area contributed by atoms with E-state index >= 15 is 0 Å². The van der Waals surface area contributed by atoms with Gasteiger partial charge in [-0.3, -0.25) is 0 Å². The maximum atomic E-state index is 12.1. The number of nitrogens with zero attached hydrogens (tertiary/aromatic N) is 1. The molecule has 2 rings (SSSR count). The molecular formula is C10H19N3O4S. The van der Waals surface area contributed by atoms with E-state index < -0.39 is 16.3 Å². The van der Waals surface area contributed by atoms with E-state index in [0.717, 1.165) is 26.6 Å². The van der Waals surface area contributed by atoms with Gasteiger partial charge in [-0.05, 0) is 31.3 Å². The number of fused-ring (bicyclic) bond motifs is 1. The van der Waals surface area contributed by atoms with Crippen LogP contribution in [-0.2, 0) is 14.9 Å². The van der Waals surface area contributed by atoms with Crippen LogP contribution in [0.1, 0.15) is 13.3 Å². The second-order valence-corrected chi connectivity index (χ2v) is 6.35. The Labute approximate surface area is 107 Å². The lowest BCUT2D eigenvalue weighted by atomic mass is 9.93. The molecule has 0 saturated carbocycles. The summed E-state index contributed by atoms with van der Waals surface area (Å²) in [5, 5.41) is 3.28. The zero-order valence-corrected chi connectivity index (χ0v) is 11.4. The van der Waals surface area contributed by atoms with Crippen molar-refractivity contribution in [2.45, 2.75) is 19.4 Å². The Morgan fingerprint density at radius 2 is 2.22 bits per heavy atom. The van der Waals surface area contributed by atoms with Crippen LogP contribution in [0.3, 0.4) is 0 Å². The largest absolute Gasteiger partial charge is 0.452 e. The maximum absolute atomic E-state index is 12.1. The van der Waals surface area contributed by atoms with Gasteiger partial charge in [0.2, 0.25) is 0 Å². The minimum atomic E-state index is -3.79. The third kappa shape index (κ3) is 2.32. The van der Waals surface area contributed by atoms with Crippen molar-refractivity contribution in [1.82, 2.24) is 14.3 Å². The molecule has 2 aliphatic heterocycles. The van der Waals surface area contributed by atoms with E-state index in [2.05, 4.69) is 10.1 Å². The van der Waals surface area contributed by atoms with E-state index in [1.807, 2.05) is 11.6 Å². The molecule has 8 heteroatoms. The second kappa shape index (κ2) is 5.02. The average Bonchev–Trinajstić information content (AvgIpc) is 2.87. The molecule has 18 heavy (non-hydrogen) atoms. The highest BCUT2D eigenvalue weighted by atomic mass is 32.2. The summed E-state index contributed by atoms with van der Waals surface area (Å²) in [7, 11) is -2.65. The van der Waals surface area contributed by atoms with Gasteiger partial charge in [-0.15, -0.1) is 0 Å². The van der Waals surface area contributed by atoms with Gasteiger partial charge in [0.1, 0.15) is 0 Å². The number of hydrogen-bond acceptors (Lipinski definition) is 5. The lowest BCUT2D eigenvalue weighted by Crippen LogP contribution is -2.47. The number of rotatable bonds is 3. The molecule has 0 aromatic carbocycles. The summed E-state index contributed by atoms with van der Waals surface area (Å²) in [6.45, 7) is 4.10. The molecule has 3 unspecified atom stereocenters. The van der Waals surface area contributed by atoms with E-state index in [1.54, 1.807) is 0 Å². The summed E-state index contributed by atoms with van der Waals surface area (Å²) in [6, 6.07) is -0.0489. The molecule has 2 saturated heterocycles. The van der Waals surface area contributed by atoms with Gasteiger partial charge >= 0.3 is 16.3 Å². The molecule has 0 aromatic rings. The summed E-state index contributed by atoms with van der Waals surface area (Å²) in [4.78, 5) is 11.1. The van der Waals surface area contributed by atoms with E-state index in [1.165, 1.54) is 4.31 Å². The molecule has 2 heterocycles. The predicted molar refractivity (Wildman–Crippen MR) is 65.1 cm³/mol. The van der Waals surface area contributed by atoms with Crippen molar-refractivity contribution in [2.24, 2.45) is 11.8 Å². The lowest BCUT2D eigenvalue weighted by molar-refractivity contribution is 0.176. The molecule has 0 aromatic heterocycles. The van der Waals surface area contributed by atoms with Crippen LogP contribution in [0.15, 0.2) is 0 Å². The quantitative estimate of drug-likeness (QED) is 0.727. The molecule has 0 radical (unpaired) electrons. The Kier molecular flexibility index (Phi) is 3.79. The van der Waals surface area contributed by atoms with Gasteiger partial charge in [-0.1, -0.05) is 6.92 Å². The first-order valence-electron chi connectivity index (χ1n) is 6.07. The van der Waals surface area contributed by atoms with Gasteiger partial charge in [0.15, 0.2) is 0 Å². The third-order valence-corrected chi connectivity index (χ3v) is 5.26. The zero-order valence-electron chi connectivity index (χ0n) is 10.5. The van der Waals surface area contributed by atoms with E-state index in [4.69, 9.17) is 0 Å². The lowest BCUT2D eigenvalue weighted by Gasteiger charge is -2.25.